The van der Waals surface area contributed by atoms with Crippen LogP contribution in [-0.4, -0.2) is 12.2 Å². The minimum atomic E-state index is -0.00744. The number of nitrogens with zero attached hydrogens (tertiary/aromatic N) is 1. The standard InChI is InChI=1S/C21H21Cl2NO2/c1-13(2)25-18-7-5-16(21(11-18)26-14(3)4)9-17(12-24)15-6-8-19(22)20(23)10-15/h5-11,13-14H,1-4H3/b17-9-. The molecule has 26 heavy (non-hydrogen) atoms. The van der Waals surface area contributed by atoms with Crippen LogP contribution in [0.15, 0.2) is 36.4 Å². The quantitative estimate of drug-likeness (QED) is 0.411. The van der Waals surface area contributed by atoms with Crippen molar-refractivity contribution in [2.24, 2.45) is 0 Å². The Morgan fingerprint density at radius 1 is 0.962 bits per heavy atom. The van der Waals surface area contributed by atoms with E-state index in [-0.39, 0.29) is 12.2 Å². The molecule has 0 heterocycles. The molecule has 0 aliphatic heterocycles. The van der Waals surface area contributed by atoms with Gasteiger partial charge in [0, 0.05) is 11.6 Å². The van der Waals surface area contributed by atoms with Crippen LogP contribution in [0, 0.1) is 11.3 Å². The van der Waals surface area contributed by atoms with E-state index in [0.29, 0.717) is 26.9 Å². The van der Waals surface area contributed by atoms with Gasteiger partial charge in [-0.3, -0.25) is 0 Å². The van der Waals surface area contributed by atoms with Gasteiger partial charge in [-0.05, 0) is 63.6 Å². The van der Waals surface area contributed by atoms with Gasteiger partial charge in [0.15, 0.2) is 0 Å². The van der Waals surface area contributed by atoms with Crippen molar-refractivity contribution in [1.82, 2.24) is 0 Å². The fourth-order valence-corrected chi connectivity index (χ4v) is 2.63. The van der Waals surface area contributed by atoms with E-state index in [1.807, 2.05) is 45.9 Å². The number of halogens is 2. The van der Waals surface area contributed by atoms with Crippen molar-refractivity contribution < 1.29 is 9.47 Å². The van der Waals surface area contributed by atoms with Gasteiger partial charge in [-0.15, -0.1) is 0 Å². The molecule has 0 bridgehead atoms. The second-order valence-electron chi connectivity index (χ2n) is 6.33. The third-order valence-electron chi connectivity index (χ3n) is 3.37. The highest BCUT2D eigenvalue weighted by atomic mass is 35.5. The lowest BCUT2D eigenvalue weighted by atomic mass is 10.0. The molecule has 0 fully saturated rings. The summed E-state index contributed by atoms with van der Waals surface area (Å²) in [5.41, 5.74) is 1.95. The van der Waals surface area contributed by atoms with Crippen LogP contribution in [0.25, 0.3) is 11.6 Å². The van der Waals surface area contributed by atoms with Gasteiger partial charge in [-0.25, -0.2) is 0 Å². The Hall–Kier alpha value is -2.15. The van der Waals surface area contributed by atoms with Crippen LogP contribution in [0.5, 0.6) is 11.5 Å². The first-order chi connectivity index (χ1) is 12.3. The summed E-state index contributed by atoms with van der Waals surface area (Å²) in [4.78, 5) is 0. The Bertz CT molecular complexity index is 852. The molecule has 0 radical (unpaired) electrons. The van der Waals surface area contributed by atoms with Crippen LogP contribution in [-0.2, 0) is 0 Å². The van der Waals surface area contributed by atoms with Crippen LogP contribution >= 0.6 is 23.2 Å². The van der Waals surface area contributed by atoms with E-state index in [2.05, 4.69) is 6.07 Å². The maximum absolute atomic E-state index is 9.59. The lowest BCUT2D eigenvalue weighted by molar-refractivity contribution is 0.229. The third kappa shape index (κ3) is 5.42. The van der Waals surface area contributed by atoms with Crippen LogP contribution in [0.4, 0.5) is 0 Å². The molecule has 0 atom stereocenters. The highest BCUT2D eigenvalue weighted by Gasteiger charge is 2.11. The van der Waals surface area contributed by atoms with Gasteiger partial charge in [-0.2, -0.15) is 5.26 Å². The van der Waals surface area contributed by atoms with E-state index in [9.17, 15) is 5.26 Å². The van der Waals surface area contributed by atoms with Gasteiger partial charge in [0.25, 0.3) is 0 Å². The second kappa shape index (κ2) is 8.98. The van der Waals surface area contributed by atoms with Crippen LogP contribution in [0.2, 0.25) is 10.0 Å². The van der Waals surface area contributed by atoms with Gasteiger partial charge in [0.2, 0.25) is 0 Å². The molecular formula is C21H21Cl2NO2. The van der Waals surface area contributed by atoms with Gasteiger partial charge < -0.3 is 9.47 Å². The molecule has 2 rings (SSSR count). The van der Waals surface area contributed by atoms with E-state index in [0.717, 1.165) is 11.3 Å². The predicted molar refractivity (Wildman–Crippen MR) is 108 cm³/mol. The number of allylic oxidation sites excluding steroid dienone is 1. The lowest BCUT2D eigenvalue weighted by Gasteiger charge is -2.16. The molecule has 0 spiro atoms. The van der Waals surface area contributed by atoms with Crippen molar-refractivity contribution in [3.63, 3.8) is 0 Å². The van der Waals surface area contributed by atoms with Gasteiger partial charge in [0.1, 0.15) is 11.5 Å². The summed E-state index contributed by atoms with van der Waals surface area (Å²) < 4.78 is 11.6. The summed E-state index contributed by atoms with van der Waals surface area (Å²) in [7, 11) is 0. The first-order valence-electron chi connectivity index (χ1n) is 8.34. The average Bonchev–Trinajstić information content (AvgIpc) is 2.56. The van der Waals surface area contributed by atoms with Gasteiger partial charge in [0.05, 0.1) is 33.9 Å². The molecule has 0 amide bonds. The first-order valence-corrected chi connectivity index (χ1v) is 9.10. The molecule has 5 heteroatoms. The van der Waals surface area contributed by atoms with E-state index in [1.165, 1.54) is 0 Å². The minimum Gasteiger partial charge on any atom is -0.491 e. The fraction of sp³-hybridized carbons (Fsp3) is 0.286. The number of hydrogen-bond donors (Lipinski definition) is 0. The zero-order chi connectivity index (χ0) is 19.3. The highest BCUT2D eigenvalue weighted by Crippen LogP contribution is 2.31. The molecule has 136 valence electrons. The van der Waals surface area contributed by atoms with E-state index in [1.54, 1.807) is 24.3 Å². The smallest absolute Gasteiger partial charge is 0.130 e. The predicted octanol–water partition coefficient (Wildman–Crippen LogP) is 6.63. The maximum atomic E-state index is 9.59. The zero-order valence-corrected chi connectivity index (χ0v) is 16.7. The fourth-order valence-electron chi connectivity index (χ4n) is 2.33. The Morgan fingerprint density at radius 2 is 1.65 bits per heavy atom. The lowest BCUT2D eigenvalue weighted by Crippen LogP contribution is -2.09. The van der Waals surface area contributed by atoms with Gasteiger partial charge in [-0.1, -0.05) is 29.3 Å². The molecule has 0 aromatic heterocycles. The van der Waals surface area contributed by atoms with Crippen LogP contribution < -0.4 is 9.47 Å². The summed E-state index contributed by atoms with van der Waals surface area (Å²) in [6.07, 6.45) is 1.83. The molecule has 0 saturated carbocycles. The molecular weight excluding hydrogens is 369 g/mol. The molecule has 0 saturated heterocycles. The van der Waals surface area contributed by atoms with Crippen LogP contribution in [0.3, 0.4) is 0 Å². The number of rotatable bonds is 6. The third-order valence-corrected chi connectivity index (χ3v) is 4.11. The second-order valence-corrected chi connectivity index (χ2v) is 7.15. The van der Waals surface area contributed by atoms with Crippen molar-refractivity contribution in [3.8, 4) is 17.6 Å². The number of nitriles is 1. The monoisotopic (exact) mass is 389 g/mol. The first kappa shape index (κ1) is 20.2. The SMILES string of the molecule is CC(C)Oc1ccc(/C=C(/C#N)c2ccc(Cl)c(Cl)c2)c(OC(C)C)c1. The van der Waals surface area contributed by atoms with E-state index >= 15 is 0 Å². The van der Waals surface area contributed by atoms with Crippen molar-refractivity contribution in [3.05, 3.63) is 57.6 Å². The number of ether oxygens (including phenoxy) is 2. The Balaban J connectivity index is 2.48. The maximum Gasteiger partial charge on any atom is 0.130 e. The Labute approximate surface area is 164 Å². The molecule has 2 aromatic rings. The normalized spacial score (nSPS) is 11.6. The molecule has 0 aliphatic rings. The van der Waals surface area contributed by atoms with Crippen LogP contribution in [0.1, 0.15) is 38.8 Å². The molecule has 0 N–H and O–H groups in total. The summed E-state index contributed by atoms with van der Waals surface area (Å²) in [5, 5.41) is 10.4. The zero-order valence-electron chi connectivity index (χ0n) is 15.2. The Kier molecular flexibility index (Phi) is 6.97. The van der Waals surface area contributed by atoms with Crippen molar-refractivity contribution >= 4 is 34.9 Å². The summed E-state index contributed by atoms with van der Waals surface area (Å²) in [5.74, 6) is 1.38. The topological polar surface area (TPSA) is 42.2 Å². The molecule has 2 aromatic carbocycles. The van der Waals surface area contributed by atoms with E-state index in [4.69, 9.17) is 32.7 Å². The molecule has 0 aliphatic carbocycles. The highest BCUT2D eigenvalue weighted by molar-refractivity contribution is 6.42. The number of benzene rings is 2. The number of hydrogen-bond acceptors (Lipinski definition) is 3. The van der Waals surface area contributed by atoms with Crippen molar-refractivity contribution in [2.45, 2.75) is 39.9 Å². The van der Waals surface area contributed by atoms with E-state index < -0.39 is 0 Å². The summed E-state index contributed by atoms with van der Waals surface area (Å²) in [6, 6.07) is 12.9. The van der Waals surface area contributed by atoms with Gasteiger partial charge >= 0.3 is 0 Å². The Morgan fingerprint density at radius 3 is 2.23 bits per heavy atom. The average molecular weight is 390 g/mol. The molecule has 0 unspecified atom stereocenters. The summed E-state index contributed by atoms with van der Waals surface area (Å²) in [6.45, 7) is 7.84. The van der Waals surface area contributed by atoms with Crippen molar-refractivity contribution in [1.29, 1.82) is 5.26 Å². The summed E-state index contributed by atoms with van der Waals surface area (Å²) >= 11 is 12.0. The largest absolute Gasteiger partial charge is 0.491 e. The van der Waals surface area contributed by atoms with Crippen molar-refractivity contribution in [2.75, 3.05) is 0 Å². The molecule has 3 nitrogen and oxygen atoms in total. The minimum absolute atomic E-state index is 0.00744.